The predicted octanol–water partition coefficient (Wildman–Crippen LogP) is 3.47. The number of nitrogens with one attached hydrogen (secondary N) is 1. The van der Waals surface area contributed by atoms with Crippen LogP contribution in [-0.4, -0.2) is 5.11 Å². The summed E-state index contributed by atoms with van der Waals surface area (Å²) >= 11 is 5.69. The molecule has 0 saturated heterocycles. The summed E-state index contributed by atoms with van der Waals surface area (Å²) in [6, 6.07) is 11.7. The molecule has 0 aliphatic carbocycles. The average molecular weight is 266 g/mol. The van der Waals surface area contributed by atoms with Crippen molar-refractivity contribution in [2.24, 2.45) is 0 Å². The van der Waals surface area contributed by atoms with Crippen molar-refractivity contribution in [2.45, 2.75) is 13.1 Å². The van der Waals surface area contributed by atoms with Crippen LogP contribution in [0.3, 0.4) is 0 Å². The van der Waals surface area contributed by atoms with Crippen molar-refractivity contribution < 1.29 is 9.50 Å². The molecule has 0 aliphatic rings. The van der Waals surface area contributed by atoms with Gasteiger partial charge in [-0.2, -0.15) is 0 Å². The summed E-state index contributed by atoms with van der Waals surface area (Å²) in [4.78, 5) is 0. The predicted molar refractivity (Wildman–Crippen MR) is 70.1 cm³/mol. The molecular weight excluding hydrogens is 253 g/mol. The van der Waals surface area contributed by atoms with Crippen LogP contribution in [0.5, 0.6) is 5.75 Å². The van der Waals surface area contributed by atoms with Gasteiger partial charge in [0.15, 0.2) is 0 Å². The van der Waals surface area contributed by atoms with Gasteiger partial charge in [0.25, 0.3) is 0 Å². The minimum Gasteiger partial charge on any atom is -0.508 e. The van der Waals surface area contributed by atoms with Crippen LogP contribution in [0, 0.1) is 5.82 Å². The topological polar surface area (TPSA) is 32.3 Å². The minimum atomic E-state index is -0.409. The van der Waals surface area contributed by atoms with Crippen LogP contribution in [0.15, 0.2) is 42.5 Å². The molecule has 0 heterocycles. The summed E-state index contributed by atoms with van der Waals surface area (Å²) < 4.78 is 13.0. The van der Waals surface area contributed by atoms with E-state index in [0.29, 0.717) is 13.1 Å². The van der Waals surface area contributed by atoms with E-state index in [2.05, 4.69) is 5.32 Å². The largest absolute Gasteiger partial charge is 0.508 e. The number of benzene rings is 2. The second-order valence-electron chi connectivity index (χ2n) is 4.02. The average Bonchev–Trinajstić information content (AvgIpc) is 2.34. The van der Waals surface area contributed by atoms with E-state index in [1.807, 2.05) is 6.07 Å². The lowest BCUT2D eigenvalue weighted by molar-refractivity contribution is 0.474. The smallest absolute Gasteiger partial charge is 0.141 e. The van der Waals surface area contributed by atoms with E-state index >= 15 is 0 Å². The van der Waals surface area contributed by atoms with Crippen LogP contribution in [-0.2, 0) is 13.1 Å². The number of hydrogen-bond acceptors (Lipinski definition) is 2. The van der Waals surface area contributed by atoms with E-state index in [4.69, 9.17) is 11.6 Å². The fraction of sp³-hybridized carbons (Fsp3) is 0.143. The molecule has 18 heavy (non-hydrogen) atoms. The van der Waals surface area contributed by atoms with E-state index in [1.165, 1.54) is 6.07 Å². The monoisotopic (exact) mass is 265 g/mol. The second kappa shape index (κ2) is 5.85. The molecule has 0 fully saturated rings. The van der Waals surface area contributed by atoms with Gasteiger partial charge in [-0.15, -0.1) is 0 Å². The number of hydrogen-bond donors (Lipinski definition) is 2. The molecule has 0 aliphatic heterocycles. The van der Waals surface area contributed by atoms with Crippen LogP contribution in [0.2, 0.25) is 5.02 Å². The summed E-state index contributed by atoms with van der Waals surface area (Å²) in [5.41, 5.74) is 1.91. The summed E-state index contributed by atoms with van der Waals surface area (Å²) in [6.07, 6.45) is 0. The third-order valence-electron chi connectivity index (χ3n) is 2.55. The fourth-order valence-electron chi connectivity index (χ4n) is 1.67. The van der Waals surface area contributed by atoms with Crippen LogP contribution in [0.25, 0.3) is 0 Å². The van der Waals surface area contributed by atoms with Crippen molar-refractivity contribution in [3.63, 3.8) is 0 Å². The minimum absolute atomic E-state index is 0.131. The molecule has 0 aromatic heterocycles. The molecule has 0 spiro atoms. The van der Waals surface area contributed by atoms with E-state index in [1.54, 1.807) is 30.3 Å². The Morgan fingerprint density at radius 1 is 1.06 bits per heavy atom. The van der Waals surface area contributed by atoms with E-state index in [9.17, 15) is 9.50 Å². The Morgan fingerprint density at radius 2 is 1.78 bits per heavy atom. The molecule has 2 N–H and O–H groups in total. The van der Waals surface area contributed by atoms with Gasteiger partial charge in [0.05, 0.1) is 5.02 Å². The fourth-order valence-corrected chi connectivity index (χ4v) is 1.87. The molecular formula is C14H13ClFNO. The van der Waals surface area contributed by atoms with Gasteiger partial charge in [-0.05, 0) is 35.4 Å². The third kappa shape index (κ3) is 3.45. The Labute approximate surface area is 110 Å². The molecule has 2 nitrogen and oxygen atoms in total. The van der Waals surface area contributed by atoms with Gasteiger partial charge in [0.1, 0.15) is 11.6 Å². The van der Waals surface area contributed by atoms with Crippen LogP contribution in [0.4, 0.5) is 4.39 Å². The zero-order valence-corrected chi connectivity index (χ0v) is 10.4. The van der Waals surface area contributed by atoms with Gasteiger partial charge >= 0.3 is 0 Å². The molecule has 94 valence electrons. The van der Waals surface area contributed by atoms with Crippen molar-refractivity contribution >= 4 is 11.6 Å². The molecule has 0 bridgehead atoms. The highest BCUT2D eigenvalue weighted by Gasteiger charge is 2.01. The summed E-state index contributed by atoms with van der Waals surface area (Å²) in [5, 5.41) is 12.6. The van der Waals surface area contributed by atoms with Crippen molar-refractivity contribution in [2.75, 3.05) is 0 Å². The zero-order chi connectivity index (χ0) is 13.0. The lowest BCUT2D eigenvalue weighted by Gasteiger charge is -2.06. The lowest BCUT2D eigenvalue weighted by atomic mass is 10.2. The van der Waals surface area contributed by atoms with Crippen LogP contribution < -0.4 is 5.32 Å². The second-order valence-corrected chi connectivity index (χ2v) is 4.43. The Kier molecular flexibility index (Phi) is 4.18. The molecule has 0 radical (unpaired) electrons. The maximum atomic E-state index is 13.0. The number of rotatable bonds is 4. The van der Waals surface area contributed by atoms with Crippen LogP contribution >= 0.6 is 11.6 Å². The quantitative estimate of drug-likeness (QED) is 0.887. The zero-order valence-electron chi connectivity index (χ0n) is 9.66. The first-order valence-corrected chi connectivity index (χ1v) is 5.95. The van der Waals surface area contributed by atoms with Gasteiger partial charge in [-0.1, -0.05) is 29.8 Å². The maximum absolute atomic E-state index is 13.0. The van der Waals surface area contributed by atoms with Gasteiger partial charge in [-0.25, -0.2) is 4.39 Å². The molecule has 2 aromatic carbocycles. The van der Waals surface area contributed by atoms with Crippen molar-refractivity contribution in [3.8, 4) is 5.75 Å². The first-order chi connectivity index (χ1) is 8.65. The summed E-state index contributed by atoms with van der Waals surface area (Å²) in [6.45, 7) is 1.22. The Hall–Kier alpha value is -1.58. The molecule has 0 saturated carbocycles. The van der Waals surface area contributed by atoms with Crippen molar-refractivity contribution in [1.29, 1.82) is 0 Å². The highest BCUT2D eigenvalue weighted by molar-refractivity contribution is 6.30. The number of phenols is 1. The van der Waals surface area contributed by atoms with E-state index in [-0.39, 0.29) is 10.8 Å². The van der Waals surface area contributed by atoms with E-state index in [0.717, 1.165) is 11.1 Å². The first kappa shape index (κ1) is 12.9. The number of phenolic OH excluding ortho intramolecular Hbond substituents is 1. The van der Waals surface area contributed by atoms with Crippen molar-refractivity contribution in [1.82, 2.24) is 5.32 Å². The van der Waals surface area contributed by atoms with Gasteiger partial charge in [-0.3, -0.25) is 0 Å². The molecule has 0 unspecified atom stereocenters. The highest BCUT2D eigenvalue weighted by Crippen LogP contribution is 2.16. The third-order valence-corrected chi connectivity index (χ3v) is 2.84. The number of aromatic hydroxyl groups is 1. The summed E-state index contributed by atoms with van der Waals surface area (Å²) in [7, 11) is 0. The Morgan fingerprint density at radius 3 is 2.44 bits per heavy atom. The molecule has 0 amide bonds. The molecule has 4 heteroatoms. The van der Waals surface area contributed by atoms with Crippen molar-refractivity contribution in [3.05, 3.63) is 64.4 Å². The normalized spacial score (nSPS) is 10.6. The highest BCUT2D eigenvalue weighted by atomic mass is 35.5. The summed E-state index contributed by atoms with van der Waals surface area (Å²) in [5.74, 6) is -0.160. The molecule has 2 rings (SSSR count). The van der Waals surface area contributed by atoms with Gasteiger partial charge < -0.3 is 10.4 Å². The SMILES string of the molecule is Oc1cccc(CNCc2ccc(F)c(Cl)c2)c1. The Balaban J connectivity index is 1.90. The number of halogens is 2. The molecule has 0 atom stereocenters. The van der Waals surface area contributed by atoms with Gasteiger partial charge in [0.2, 0.25) is 0 Å². The van der Waals surface area contributed by atoms with E-state index < -0.39 is 5.82 Å². The lowest BCUT2D eigenvalue weighted by Crippen LogP contribution is -2.12. The standard InChI is InChI=1S/C14H13ClFNO/c15-13-7-11(4-5-14(13)16)9-17-8-10-2-1-3-12(18)6-10/h1-7,17-18H,8-9H2. The maximum Gasteiger partial charge on any atom is 0.141 e. The Bertz CT molecular complexity index is 545. The first-order valence-electron chi connectivity index (χ1n) is 5.58. The molecule has 2 aromatic rings. The van der Waals surface area contributed by atoms with Gasteiger partial charge in [0, 0.05) is 13.1 Å². The van der Waals surface area contributed by atoms with Crippen LogP contribution in [0.1, 0.15) is 11.1 Å².